The Morgan fingerprint density at radius 3 is 2.50 bits per heavy atom. The molecule has 1 aromatic carbocycles. The molecule has 1 aromatic rings. The molecule has 0 aliphatic rings. The zero-order valence-corrected chi connectivity index (χ0v) is 14.6. The van der Waals surface area contributed by atoms with E-state index in [1.807, 2.05) is 18.2 Å². The largest absolute Gasteiger partial charge is 0.543 e. The van der Waals surface area contributed by atoms with Gasteiger partial charge in [0.1, 0.15) is 5.75 Å². The second-order valence-corrected chi connectivity index (χ2v) is 11.3. The molecule has 0 aromatic heterocycles. The Morgan fingerprint density at radius 2 is 2.00 bits per heavy atom. The van der Waals surface area contributed by atoms with Crippen molar-refractivity contribution in [1.82, 2.24) is 0 Å². The van der Waals surface area contributed by atoms with Crippen LogP contribution in [0.5, 0.6) is 5.75 Å². The fourth-order valence-corrected chi connectivity index (χ4v) is 2.72. The van der Waals surface area contributed by atoms with Gasteiger partial charge in [-0.05, 0) is 53.9 Å². The molecule has 0 aliphatic carbocycles. The van der Waals surface area contributed by atoms with Crippen molar-refractivity contribution in [2.24, 2.45) is 0 Å². The average molecular weight is 286 g/mol. The van der Waals surface area contributed by atoms with Crippen LogP contribution in [-0.2, 0) is 0 Å². The van der Waals surface area contributed by atoms with Crippen LogP contribution in [0.25, 0.3) is 5.57 Å². The van der Waals surface area contributed by atoms with Crippen LogP contribution < -0.4 is 4.43 Å². The fourth-order valence-electron chi connectivity index (χ4n) is 1.70. The second-order valence-electron chi connectivity index (χ2n) is 6.58. The first-order valence-electron chi connectivity index (χ1n) is 7.16. The number of terminal acetylenes is 1. The van der Waals surface area contributed by atoms with Crippen molar-refractivity contribution in [3.8, 4) is 18.1 Å². The van der Waals surface area contributed by atoms with Crippen LogP contribution >= 0.6 is 0 Å². The maximum atomic E-state index is 6.34. The molecule has 108 valence electrons. The summed E-state index contributed by atoms with van der Waals surface area (Å²) < 4.78 is 6.34. The van der Waals surface area contributed by atoms with Crippen LogP contribution in [0.4, 0.5) is 0 Å². The highest BCUT2D eigenvalue weighted by molar-refractivity contribution is 6.74. The van der Waals surface area contributed by atoms with Crippen molar-refractivity contribution in [2.45, 2.75) is 52.2 Å². The molecule has 1 rings (SSSR count). The smallest absolute Gasteiger partial charge is 0.250 e. The number of hydrogen-bond acceptors (Lipinski definition) is 1. The summed E-state index contributed by atoms with van der Waals surface area (Å²) in [6, 6.07) is 8.27. The fraction of sp³-hybridized carbons (Fsp3) is 0.444. The van der Waals surface area contributed by atoms with Gasteiger partial charge >= 0.3 is 0 Å². The van der Waals surface area contributed by atoms with Crippen molar-refractivity contribution in [2.75, 3.05) is 0 Å². The van der Waals surface area contributed by atoms with E-state index in [0.717, 1.165) is 17.7 Å². The van der Waals surface area contributed by atoms with E-state index in [9.17, 15) is 0 Å². The molecule has 0 spiro atoms. The van der Waals surface area contributed by atoms with Crippen LogP contribution in [0.3, 0.4) is 0 Å². The summed E-state index contributed by atoms with van der Waals surface area (Å²) in [6.45, 7) is 13.4. The van der Waals surface area contributed by atoms with Gasteiger partial charge in [0.15, 0.2) is 0 Å². The van der Waals surface area contributed by atoms with Gasteiger partial charge in [0.05, 0.1) is 0 Å². The lowest BCUT2D eigenvalue weighted by atomic mass is 10.0. The molecule has 0 saturated heterocycles. The Kier molecular flexibility index (Phi) is 5.25. The summed E-state index contributed by atoms with van der Waals surface area (Å²) in [5.41, 5.74) is 2.33. The SMILES string of the molecule is C#CC=C(CC)c1cccc(O[Si](C)(C)C(C)(C)C)c1. The summed E-state index contributed by atoms with van der Waals surface area (Å²) >= 11 is 0. The molecule has 0 fully saturated rings. The molecule has 0 heterocycles. The van der Waals surface area contributed by atoms with E-state index in [1.54, 1.807) is 0 Å². The zero-order chi connectivity index (χ0) is 15.4. The van der Waals surface area contributed by atoms with Gasteiger partial charge in [-0.2, -0.15) is 0 Å². The van der Waals surface area contributed by atoms with Crippen molar-refractivity contribution in [3.63, 3.8) is 0 Å². The summed E-state index contributed by atoms with van der Waals surface area (Å²) in [7, 11) is -1.79. The van der Waals surface area contributed by atoms with E-state index in [1.165, 1.54) is 5.57 Å². The molecular weight excluding hydrogens is 260 g/mol. The minimum atomic E-state index is -1.79. The van der Waals surface area contributed by atoms with Crippen molar-refractivity contribution in [1.29, 1.82) is 0 Å². The summed E-state index contributed by atoms with van der Waals surface area (Å²) in [5.74, 6) is 3.56. The lowest BCUT2D eigenvalue weighted by Gasteiger charge is -2.36. The molecule has 0 amide bonds. The van der Waals surface area contributed by atoms with Gasteiger partial charge in [-0.1, -0.05) is 45.7 Å². The first-order valence-corrected chi connectivity index (χ1v) is 10.1. The minimum absolute atomic E-state index is 0.200. The molecule has 0 radical (unpaired) electrons. The van der Waals surface area contributed by atoms with Gasteiger partial charge < -0.3 is 4.43 Å². The number of rotatable bonds is 4. The number of benzene rings is 1. The number of hydrogen-bond donors (Lipinski definition) is 0. The van der Waals surface area contributed by atoms with Crippen LogP contribution in [0.1, 0.15) is 39.7 Å². The summed E-state index contributed by atoms with van der Waals surface area (Å²) in [4.78, 5) is 0. The number of allylic oxidation sites excluding steroid dienone is 2. The van der Waals surface area contributed by atoms with E-state index in [4.69, 9.17) is 10.8 Å². The van der Waals surface area contributed by atoms with Crippen molar-refractivity contribution >= 4 is 13.9 Å². The van der Waals surface area contributed by atoms with Crippen LogP contribution in [0.15, 0.2) is 30.3 Å². The van der Waals surface area contributed by atoms with E-state index in [0.29, 0.717) is 0 Å². The third-order valence-electron chi connectivity index (χ3n) is 4.02. The Labute approximate surface area is 125 Å². The van der Waals surface area contributed by atoms with Crippen LogP contribution in [-0.4, -0.2) is 8.32 Å². The molecule has 20 heavy (non-hydrogen) atoms. The van der Waals surface area contributed by atoms with Crippen LogP contribution in [0, 0.1) is 12.3 Å². The Hall–Kier alpha value is -1.46. The highest BCUT2D eigenvalue weighted by Gasteiger charge is 2.38. The third kappa shape index (κ3) is 4.01. The van der Waals surface area contributed by atoms with E-state index in [-0.39, 0.29) is 5.04 Å². The molecule has 0 saturated carbocycles. The van der Waals surface area contributed by atoms with Crippen LogP contribution in [0.2, 0.25) is 18.1 Å². The zero-order valence-electron chi connectivity index (χ0n) is 13.6. The highest BCUT2D eigenvalue weighted by atomic mass is 28.4. The molecule has 0 aliphatic heterocycles. The molecule has 0 bridgehead atoms. The lowest BCUT2D eigenvalue weighted by molar-refractivity contribution is 0.492. The quantitative estimate of drug-likeness (QED) is 0.525. The Bertz CT molecular complexity index is 527. The minimum Gasteiger partial charge on any atom is -0.543 e. The van der Waals surface area contributed by atoms with Gasteiger partial charge in [0, 0.05) is 0 Å². The molecule has 0 unspecified atom stereocenters. The van der Waals surface area contributed by atoms with Crippen molar-refractivity contribution < 1.29 is 4.43 Å². The van der Waals surface area contributed by atoms with E-state index < -0.39 is 8.32 Å². The monoisotopic (exact) mass is 286 g/mol. The maximum absolute atomic E-state index is 6.34. The van der Waals surface area contributed by atoms with Gasteiger partial charge in [0.25, 0.3) is 0 Å². The molecule has 0 atom stereocenters. The van der Waals surface area contributed by atoms with Gasteiger partial charge in [-0.25, -0.2) is 0 Å². The Balaban J connectivity index is 3.07. The van der Waals surface area contributed by atoms with Gasteiger partial charge in [-0.3, -0.25) is 0 Å². The average Bonchev–Trinajstić information content (AvgIpc) is 2.34. The third-order valence-corrected chi connectivity index (χ3v) is 8.38. The van der Waals surface area contributed by atoms with Crippen molar-refractivity contribution in [3.05, 3.63) is 35.9 Å². The first kappa shape index (κ1) is 16.6. The maximum Gasteiger partial charge on any atom is 0.250 e. The standard InChI is InChI=1S/C18H26OSi/c1-8-11-15(9-2)16-12-10-13-17(14-16)19-20(6,7)18(3,4)5/h1,10-14H,9H2,2-7H3. The normalized spacial score (nSPS) is 12.9. The molecule has 1 nitrogen and oxygen atoms in total. The van der Waals surface area contributed by atoms with Gasteiger partial charge in [0.2, 0.25) is 8.32 Å². The first-order chi connectivity index (χ1) is 9.21. The summed E-state index contributed by atoms with van der Waals surface area (Å²) in [5, 5.41) is 0.200. The van der Waals surface area contributed by atoms with E-state index in [2.05, 4.69) is 58.8 Å². The Morgan fingerprint density at radius 1 is 1.35 bits per heavy atom. The molecule has 0 N–H and O–H groups in total. The predicted octanol–water partition coefficient (Wildman–Crippen LogP) is 5.50. The van der Waals surface area contributed by atoms with Gasteiger partial charge in [-0.15, -0.1) is 6.42 Å². The summed E-state index contributed by atoms with van der Waals surface area (Å²) in [6.07, 6.45) is 8.15. The molecular formula is C18H26OSi. The van der Waals surface area contributed by atoms with E-state index >= 15 is 0 Å². The predicted molar refractivity (Wildman–Crippen MR) is 91.4 cm³/mol. The highest BCUT2D eigenvalue weighted by Crippen LogP contribution is 2.37. The topological polar surface area (TPSA) is 9.23 Å². The molecule has 2 heteroatoms. The second kappa shape index (κ2) is 6.32. The lowest BCUT2D eigenvalue weighted by Crippen LogP contribution is -2.43.